The first kappa shape index (κ1) is 23.6. The maximum atomic E-state index is 10.2. The zero-order valence-corrected chi connectivity index (χ0v) is 19.8. The Bertz CT molecular complexity index is 826. The van der Waals surface area contributed by atoms with Gasteiger partial charge in [-0.3, -0.25) is 0 Å². The monoisotopic (exact) mass is 425 g/mol. The minimum Gasteiger partial charge on any atom is -0.489 e. The van der Waals surface area contributed by atoms with Gasteiger partial charge in [-0.25, -0.2) is 0 Å². The van der Waals surface area contributed by atoms with Gasteiger partial charge >= 0.3 is 0 Å². The molecule has 0 aromatic heterocycles. The highest BCUT2D eigenvalue weighted by Gasteiger charge is 2.36. The Morgan fingerprint density at radius 3 is 1.81 bits per heavy atom. The SMILES string of the molecule is CC(C)C(N)(O)COc1ccc(C2(c3ccc(OC(C)(C)C)cc3)CCCCC2)cc1. The maximum absolute atomic E-state index is 10.2. The molecule has 1 saturated carbocycles. The van der Waals surface area contributed by atoms with E-state index in [-0.39, 0.29) is 23.5 Å². The van der Waals surface area contributed by atoms with Gasteiger partial charge < -0.3 is 20.3 Å². The number of aliphatic hydroxyl groups is 1. The van der Waals surface area contributed by atoms with Crippen LogP contribution in [0.4, 0.5) is 0 Å². The third-order valence-electron chi connectivity index (χ3n) is 6.41. The molecule has 0 spiro atoms. The summed E-state index contributed by atoms with van der Waals surface area (Å²) in [5.41, 5.74) is 7.06. The van der Waals surface area contributed by atoms with Gasteiger partial charge in [-0.05, 0) is 74.9 Å². The van der Waals surface area contributed by atoms with Crippen LogP contribution in [0.5, 0.6) is 11.5 Å². The molecule has 1 fully saturated rings. The number of hydrogen-bond donors (Lipinski definition) is 2. The van der Waals surface area contributed by atoms with Crippen LogP contribution in [0.15, 0.2) is 48.5 Å². The average Bonchev–Trinajstić information content (AvgIpc) is 2.72. The van der Waals surface area contributed by atoms with E-state index in [1.54, 1.807) is 0 Å². The van der Waals surface area contributed by atoms with Crippen LogP contribution < -0.4 is 15.2 Å². The van der Waals surface area contributed by atoms with E-state index in [4.69, 9.17) is 15.2 Å². The van der Waals surface area contributed by atoms with E-state index in [9.17, 15) is 5.11 Å². The smallest absolute Gasteiger partial charge is 0.150 e. The Balaban J connectivity index is 1.82. The second kappa shape index (κ2) is 9.22. The molecule has 2 aromatic carbocycles. The average molecular weight is 426 g/mol. The number of nitrogens with two attached hydrogens (primary N) is 1. The third kappa shape index (κ3) is 5.81. The van der Waals surface area contributed by atoms with Gasteiger partial charge in [-0.1, -0.05) is 57.4 Å². The van der Waals surface area contributed by atoms with Crippen molar-refractivity contribution in [2.75, 3.05) is 6.61 Å². The first-order valence-electron chi connectivity index (χ1n) is 11.6. The van der Waals surface area contributed by atoms with E-state index in [0.29, 0.717) is 0 Å². The molecule has 2 aromatic rings. The van der Waals surface area contributed by atoms with Crippen molar-refractivity contribution < 1.29 is 14.6 Å². The van der Waals surface area contributed by atoms with E-state index in [1.807, 2.05) is 26.0 Å². The van der Waals surface area contributed by atoms with Crippen molar-refractivity contribution in [3.8, 4) is 11.5 Å². The van der Waals surface area contributed by atoms with Crippen molar-refractivity contribution in [1.82, 2.24) is 0 Å². The van der Waals surface area contributed by atoms with E-state index in [1.165, 1.54) is 30.4 Å². The van der Waals surface area contributed by atoms with Crippen LogP contribution in [0.2, 0.25) is 0 Å². The molecule has 1 aliphatic carbocycles. The molecule has 4 heteroatoms. The molecule has 1 aliphatic rings. The quantitative estimate of drug-likeness (QED) is 0.551. The van der Waals surface area contributed by atoms with Crippen LogP contribution in [0.1, 0.15) is 77.8 Å². The minimum absolute atomic E-state index is 0.0174. The van der Waals surface area contributed by atoms with Crippen LogP contribution in [-0.4, -0.2) is 23.0 Å². The summed E-state index contributed by atoms with van der Waals surface area (Å²) in [5.74, 6) is 1.56. The van der Waals surface area contributed by atoms with Crippen LogP contribution in [0, 0.1) is 5.92 Å². The topological polar surface area (TPSA) is 64.7 Å². The summed E-state index contributed by atoms with van der Waals surface area (Å²) in [6.07, 6.45) is 6.03. The Morgan fingerprint density at radius 2 is 1.35 bits per heavy atom. The van der Waals surface area contributed by atoms with Gasteiger partial charge in [0.05, 0.1) is 0 Å². The Kier molecular flexibility index (Phi) is 7.02. The van der Waals surface area contributed by atoms with Gasteiger partial charge in [0.2, 0.25) is 0 Å². The number of ether oxygens (including phenoxy) is 2. The van der Waals surface area contributed by atoms with Gasteiger partial charge in [-0.15, -0.1) is 0 Å². The van der Waals surface area contributed by atoms with E-state index in [0.717, 1.165) is 24.3 Å². The third-order valence-corrected chi connectivity index (χ3v) is 6.41. The molecular weight excluding hydrogens is 386 g/mol. The molecule has 0 bridgehead atoms. The molecule has 1 atom stereocenters. The van der Waals surface area contributed by atoms with Crippen molar-refractivity contribution in [2.45, 2.75) is 83.5 Å². The first-order valence-corrected chi connectivity index (χ1v) is 11.6. The predicted octanol–water partition coefficient (Wildman–Crippen LogP) is 5.80. The zero-order chi connectivity index (χ0) is 22.7. The number of rotatable bonds is 7. The van der Waals surface area contributed by atoms with Crippen LogP contribution >= 0.6 is 0 Å². The van der Waals surface area contributed by atoms with Gasteiger partial charge in [0, 0.05) is 5.41 Å². The first-order chi connectivity index (χ1) is 14.5. The minimum atomic E-state index is -1.33. The highest BCUT2D eigenvalue weighted by molar-refractivity contribution is 5.43. The molecule has 31 heavy (non-hydrogen) atoms. The fourth-order valence-corrected chi connectivity index (χ4v) is 4.33. The van der Waals surface area contributed by atoms with Crippen molar-refractivity contribution in [1.29, 1.82) is 0 Å². The molecule has 3 N–H and O–H groups in total. The molecule has 170 valence electrons. The Morgan fingerprint density at radius 1 is 0.871 bits per heavy atom. The molecule has 3 rings (SSSR count). The second-order valence-corrected chi connectivity index (χ2v) is 10.3. The Hall–Kier alpha value is -2.04. The number of benzene rings is 2. The highest BCUT2D eigenvalue weighted by Crippen LogP contribution is 2.45. The second-order valence-electron chi connectivity index (χ2n) is 10.3. The molecule has 4 nitrogen and oxygen atoms in total. The summed E-state index contributed by atoms with van der Waals surface area (Å²) in [6.45, 7) is 10.1. The van der Waals surface area contributed by atoms with Crippen molar-refractivity contribution in [2.24, 2.45) is 11.7 Å². The highest BCUT2D eigenvalue weighted by atomic mass is 16.5. The van der Waals surface area contributed by atoms with Gasteiger partial charge in [0.25, 0.3) is 0 Å². The van der Waals surface area contributed by atoms with E-state index in [2.05, 4.69) is 57.2 Å². The molecule has 0 heterocycles. The molecule has 1 unspecified atom stereocenters. The lowest BCUT2D eigenvalue weighted by Gasteiger charge is -2.39. The number of hydrogen-bond acceptors (Lipinski definition) is 4. The molecule has 0 aliphatic heterocycles. The summed E-state index contributed by atoms with van der Waals surface area (Å²) in [6, 6.07) is 17.0. The fraction of sp³-hybridized carbons (Fsp3) is 0.556. The summed E-state index contributed by atoms with van der Waals surface area (Å²) in [5, 5.41) is 10.2. The lowest BCUT2D eigenvalue weighted by atomic mass is 9.65. The van der Waals surface area contributed by atoms with Gasteiger partial charge in [0.15, 0.2) is 0 Å². The molecule has 0 radical (unpaired) electrons. The molecule has 0 amide bonds. The van der Waals surface area contributed by atoms with Crippen LogP contribution in [0.25, 0.3) is 0 Å². The van der Waals surface area contributed by atoms with E-state index < -0.39 is 5.72 Å². The normalized spacial score (nSPS) is 18.5. The summed E-state index contributed by atoms with van der Waals surface area (Å²) in [7, 11) is 0. The van der Waals surface area contributed by atoms with Gasteiger partial charge in [-0.2, -0.15) is 0 Å². The lowest BCUT2D eigenvalue weighted by Crippen LogP contribution is -2.50. The van der Waals surface area contributed by atoms with Crippen molar-refractivity contribution in [3.63, 3.8) is 0 Å². The lowest BCUT2D eigenvalue weighted by molar-refractivity contribution is -0.0375. The van der Waals surface area contributed by atoms with Crippen LogP contribution in [0.3, 0.4) is 0 Å². The largest absolute Gasteiger partial charge is 0.489 e. The molecular formula is C27H39NO3. The fourth-order valence-electron chi connectivity index (χ4n) is 4.33. The Labute approximate surface area is 187 Å². The zero-order valence-electron chi connectivity index (χ0n) is 19.8. The predicted molar refractivity (Wildman–Crippen MR) is 127 cm³/mol. The van der Waals surface area contributed by atoms with E-state index >= 15 is 0 Å². The van der Waals surface area contributed by atoms with Crippen LogP contribution in [-0.2, 0) is 5.41 Å². The van der Waals surface area contributed by atoms with Crippen molar-refractivity contribution in [3.05, 3.63) is 59.7 Å². The summed E-state index contributed by atoms with van der Waals surface area (Å²) < 4.78 is 11.8. The standard InChI is InChI=1S/C27H39NO3/c1-20(2)27(28,29)19-30-23-13-9-21(10-14-23)26(17-7-6-8-18-26)22-11-15-24(16-12-22)31-25(3,4)5/h9-16,20,29H,6-8,17-19,28H2,1-5H3. The molecule has 0 saturated heterocycles. The summed E-state index contributed by atoms with van der Waals surface area (Å²) >= 11 is 0. The summed E-state index contributed by atoms with van der Waals surface area (Å²) in [4.78, 5) is 0. The van der Waals surface area contributed by atoms with Crippen molar-refractivity contribution >= 4 is 0 Å². The van der Waals surface area contributed by atoms with Gasteiger partial charge in [0.1, 0.15) is 29.4 Å². The maximum Gasteiger partial charge on any atom is 0.150 e.